The number of thioether (sulfide) groups is 1. The molecule has 0 amide bonds. The van der Waals surface area contributed by atoms with Gasteiger partial charge in [0.25, 0.3) is 0 Å². The molecular weight excluding hydrogens is 260 g/mol. The number of hydrogen-bond acceptors (Lipinski definition) is 4. The van der Waals surface area contributed by atoms with Crippen molar-refractivity contribution in [3.8, 4) is 0 Å². The van der Waals surface area contributed by atoms with Gasteiger partial charge in [0, 0.05) is 17.0 Å². The van der Waals surface area contributed by atoms with Gasteiger partial charge < -0.3 is 10.4 Å². The van der Waals surface area contributed by atoms with Crippen LogP contribution in [0.2, 0.25) is 0 Å². The van der Waals surface area contributed by atoms with Crippen molar-refractivity contribution in [2.24, 2.45) is 0 Å². The van der Waals surface area contributed by atoms with E-state index in [0.717, 1.165) is 17.9 Å². The normalized spacial score (nSPS) is 22.4. The second-order valence-corrected chi connectivity index (χ2v) is 6.35. The highest BCUT2D eigenvalue weighted by Crippen LogP contribution is 2.32. The topological polar surface area (TPSA) is 62.2 Å². The van der Waals surface area contributed by atoms with Crippen molar-refractivity contribution in [2.45, 2.75) is 44.4 Å². The van der Waals surface area contributed by atoms with Crippen molar-refractivity contribution in [2.75, 3.05) is 11.1 Å². The van der Waals surface area contributed by atoms with Crippen LogP contribution in [0.3, 0.4) is 0 Å². The maximum atomic E-state index is 11.2. The second-order valence-electron chi connectivity index (χ2n) is 4.83. The first kappa shape index (κ1) is 14.2. The van der Waals surface area contributed by atoms with E-state index in [1.54, 1.807) is 12.1 Å². The van der Waals surface area contributed by atoms with Gasteiger partial charge in [-0.3, -0.25) is 0 Å². The molecular formula is C14H20N2O2S. The van der Waals surface area contributed by atoms with E-state index in [1.807, 2.05) is 18.7 Å². The van der Waals surface area contributed by atoms with Crippen molar-refractivity contribution < 1.29 is 9.90 Å². The lowest BCUT2D eigenvalue weighted by atomic mass is 10.2. The Morgan fingerprint density at radius 2 is 2.32 bits per heavy atom. The third-order valence-corrected chi connectivity index (χ3v) is 4.75. The number of aromatic nitrogens is 1. The second kappa shape index (κ2) is 6.28. The van der Waals surface area contributed by atoms with Gasteiger partial charge in [0.2, 0.25) is 0 Å². The maximum absolute atomic E-state index is 11.2. The van der Waals surface area contributed by atoms with Gasteiger partial charge in [0.1, 0.15) is 11.4 Å². The molecule has 2 rings (SSSR count). The van der Waals surface area contributed by atoms with Gasteiger partial charge in [-0.15, -0.1) is 0 Å². The van der Waals surface area contributed by atoms with E-state index in [1.165, 1.54) is 12.8 Å². The first-order valence-electron chi connectivity index (χ1n) is 6.71. The van der Waals surface area contributed by atoms with Crippen LogP contribution in [-0.2, 0) is 0 Å². The first-order valence-corrected chi connectivity index (χ1v) is 7.75. The van der Waals surface area contributed by atoms with Crippen LogP contribution in [0.4, 0.5) is 5.82 Å². The summed E-state index contributed by atoms with van der Waals surface area (Å²) in [4.78, 5) is 15.6. The lowest BCUT2D eigenvalue weighted by Crippen LogP contribution is -2.27. The Morgan fingerprint density at radius 3 is 3.00 bits per heavy atom. The van der Waals surface area contributed by atoms with Gasteiger partial charge in [0.05, 0.1) is 0 Å². The number of anilines is 1. The van der Waals surface area contributed by atoms with E-state index in [0.29, 0.717) is 17.1 Å². The highest BCUT2D eigenvalue weighted by Gasteiger charge is 2.28. The summed E-state index contributed by atoms with van der Waals surface area (Å²) in [6, 6.07) is 3.70. The van der Waals surface area contributed by atoms with E-state index < -0.39 is 5.97 Å². The summed E-state index contributed by atoms with van der Waals surface area (Å²) >= 11 is 1.95. The lowest BCUT2D eigenvalue weighted by Gasteiger charge is -2.21. The summed E-state index contributed by atoms with van der Waals surface area (Å²) < 4.78 is 0. The minimum Gasteiger partial charge on any atom is -0.478 e. The summed E-state index contributed by atoms with van der Waals surface area (Å²) in [6.07, 6.45) is 3.49. The molecule has 0 radical (unpaired) electrons. The molecule has 0 saturated heterocycles. The summed E-state index contributed by atoms with van der Waals surface area (Å²) in [5.41, 5.74) is 1.10. The van der Waals surface area contributed by atoms with E-state index in [4.69, 9.17) is 0 Å². The molecule has 2 N–H and O–H groups in total. The predicted molar refractivity (Wildman–Crippen MR) is 79.1 cm³/mol. The number of hydrogen-bond donors (Lipinski definition) is 2. The molecule has 1 heterocycles. The van der Waals surface area contributed by atoms with E-state index in [9.17, 15) is 9.90 Å². The molecule has 1 aliphatic rings. The Balaban J connectivity index is 2.17. The quantitative estimate of drug-likeness (QED) is 0.867. The third-order valence-electron chi connectivity index (χ3n) is 3.42. The van der Waals surface area contributed by atoms with E-state index in [-0.39, 0.29) is 5.56 Å². The zero-order chi connectivity index (χ0) is 13.8. The Hall–Kier alpha value is -1.23. The molecule has 1 fully saturated rings. The Labute approximate surface area is 118 Å². The molecule has 104 valence electrons. The van der Waals surface area contributed by atoms with E-state index in [2.05, 4.69) is 17.2 Å². The molecule has 1 aromatic heterocycles. The van der Waals surface area contributed by atoms with Gasteiger partial charge in [-0.05, 0) is 37.7 Å². The zero-order valence-corrected chi connectivity index (χ0v) is 12.2. The average molecular weight is 280 g/mol. The lowest BCUT2D eigenvalue weighted by molar-refractivity contribution is 0.0697. The summed E-state index contributed by atoms with van der Waals surface area (Å²) in [5.74, 6) is 0.685. The fourth-order valence-electron chi connectivity index (χ4n) is 2.52. The van der Waals surface area contributed by atoms with Gasteiger partial charge in [-0.1, -0.05) is 13.3 Å². The molecule has 19 heavy (non-hydrogen) atoms. The SMILES string of the molecule is CCSC1CCCC1Nc1nc(C)ccc1C(=O)O. The Morgan fingerprint density at radius 1 is 1.53 bits per heavy atom. The summed E-state index contributed by atoms with van der Waals surface area (Å²) in [5, 5.41) is 13.1. The van der Waals surface area contributed by atoms with Crippen LogP contribution in [0.5, 0.6) is 0 Å². The molecule has 1 saturated carbocycles. The smallest absolute Gasteiger partial charge is 0.339 e. The van der Waals surface area contributed by atoms with Crippen LogP contribution < -0.4 is 5.32 Å². The minimum absolute atomic E-state index is 0.262. The van der Waals surface area contributed by atoms with Crippen molar-refractivity contribution >= 4 is 23.5 Å². The fraction of sp³-hybridized carbons (Fsp3) is 0.571. The number of carboxylic acid groups (broad SMARTS) is 1. The molecule has 4 nitrogen and oxygen atoms in total. The molecule has 0 aliphatic heterocycles. The van der Waals surface area contributed by atoms with Crippen LogP contribution in [0, 0.1) is 6.92 Å². The molecule has 0 spiro atoms. The number of rotatable bonds is 5. The highest BCUT2D eigenvalue weighted by atomic mass is 32.2. The number of nitrogens with zero attached hydrogens (tertiary/aromatic N) is 1. The first-order chi connectivity index (χ1) is 9.11. The zero-order valence-electron chi connectivity index (χ0n) is 11.3. The van der Waals surface area contributed by atoms with Crippen LogP contribution in [0.1, 0.15) is 42.2 Å². The fourth-order valence-corrected chi connectivity index (χ4v) is 3.72. The number of nitrogens with one attached hydrogen (secondary N) is 1. The molecule has 1 aromatic rings. The molecule has 1 aliphatic carbocycles. The van der Waals surface area contributed by atoms with Crippen molar-refractivity contribution in [3.05, 3.63) is 23.4 Å². The van der Waals surface area contributed by atoms with Crippen molar-refractivity contribution in [1.82, 2.24) is 4.98 Å². The van der Waals surface area contributed by atoms with Gasteiger partial charge in [-0.25, -0.2) is 9.78 Å². The highest BCUT2D eigenvalue weighted by molar-refractivity contribution is 7.99. The molecule has 0 bridgehead atoms. The Kier molecular flexibility index (Phi) is 4.69. The van der Waals surface area contributed by atoms with Crippen LogP contribution in [0.25, 0.3) is 0 Å². The number of carboxylic acids is 1. The standard InChI is InChI=1S/C14H20N2O2S/c1-3-19-12-6-4-5-11(12)16-13-10(14(17)18)8-7-9(2)15-13/h7-8,11-12H,3-6H2,1-2H3,(H,15,16)(H,17,18). The van der Waals surface area contributed by atoms with Gasteiger partial charge >= 0.3 is 5.97 Å². The van der Waals surface area contributed by atoms with E-state index >= 15 is 0 Å². The summed E-state index contributed by atoms with van der Waals surface area (Å²) in [6.45, 7) is 4.04. The van der Waals surface area contributed by atoms with Gasteiger partial charge in [-0.2, -0.15) is 11.8 Å². The number of carbonyl (C=O) groups is 1. The van der Waals surface area contributed by atoms with Crippen LogP contribution >= 0.6 is 11.8 Å². The van der Waals surface area contributed by atoms with Crippen LogP contribution in [-0.4, -0.2) is 33.1 Å². The van der Waals surface area contributed by atoms with Crippen molar-refractivity contribution in [1.29, 1.82) is 0 Å². The average Bonchev–Trinajstić information content (AvgIpc) is 2.77. The van der Waals surface area contributed by atoms with Gasteiger partial charge in [0.15, 0.2) is 0 Å². The largest absolute Gasteiger partial charge is 0.478 e. The Bertz CT molecular complexity index is 465. The molecule has 2 unspecified atom stereocenters. The third kappa shape index (κ3) is 3.41. The number of aryl methyl sites for hydroxylation is 1. The number of aromatic carboxylic acids is 1. The maximum Gasteiger partial charge on any atom is 0.339 e. The minimum atomic E-state index is -0.923. The molecule has 0 aromatic carbocycles. The summed E-state index contributed by atoms with van der Waals surface area (Å²) in [7, 11) is 0. The molecule has 5 heteroatoms. The van der Waals surface area contributed by atoms with Crippen molar-refractivity contribution in [3.63, 3.8) is 0 Å². The van der Waals surface area contributed by atoms with Crippen LogP contribution in [0.15, 0.2) is 12.1 Å². The predicted octanol–water partition coefficient (Wildman–Crippen LogP) is 3.17. The monoisotopic (exact) mass is 280 g/mol. The number of pyridine rings is 1. The molecule has 2 atom stereocenters.